The highest BCUT2D eigenvalue weighted by molar-refractivity contribution is 6.09. The molecule has 5 nitrogen and oxygen atoms in total. The summed E-state index contributed by atoms with van der Waals surface area (Å²) < 4.78 is 5.39. The Kier molecular flexibility index (Phi) is 7.96. The molecule has 0 fully saturated rings. The van der Waals surface area contributed by atoms with Crippen molar-refractivity contribution < 1.29 is 14.3 Å². The van der Waals surface area contributed by atoms with E-state index < -0.39 is 0 Å². The number of hydrogen-bond donors (Lipinski definition) is 2. The third-order valence-corrected chi connectivity index (χ3v) is 6.19. The van der Waals surface area contributed by atoms with Crippen molar-refractivity contribution in [3.63, 3.8) is 0 Å². The van der Waals surface area contributed by atoms with Gasteiger partial charge in [0.15, 0.2) is 5.78 Å². The molecule has 2 aromatic carbocycles. The van der Waals surface area contributed by atoms with Crippen molar-refractivity contribution >= 4 is 23.1 Å². The number of carbonyl (C=O) groups excluding carboxylic acids is 2. The fourth-order valence-electron chi connectivity index (χ4n) is 4.30. The normalized spacial score (nSPS) is 16.5. The molecule has 0 aliphatic carbocycles. The summed E-state index contributed by atoms with van der Waals surface area (Å²) in [6.07, 6.45) is 6.38. The predicted molar refractivity (Wildman–Crippen MR) is 135 cm³/mol. The minimum absolute atomic E-state index is 0.0220. The number of fused-ring (bicyclic) bond motifs is 1. The van der Waals surface area contributed by atoms with E-state index in [0.717, 1.165) is 49.1 Å². The molecular formula is C28H36N2O3. The van der Waals surface area contributed by atoms with E-state index in [-0.39, 0.29) is 23.1 Å². The summed E-state index contributed by atoms with van der Waals surface area (Å²) in [6.45, 7) is 8.43. The molecule has 1 heterocycles. The first-order valence-electron chi connectivity index (χ1n) is 11.9. The minimum Gasteiger partial charge on any atom is -0.497 e. The smallest absolute Gasteiger partial charge is 0.227 e. The summed E-state index contributed by atoms with van der Waals surface area (Å²) in [6, 6.07) is 13.1. The van der Waals surface area contributed by atoms with Gasteiger partial charge in [0.1, 0.15) is 5.75 Å². The molecule has 0 spiro atoms. The van der Waals surface area contributed by atoms with Gasteiger partial charge in [-0.25, -0.2) is 0 Å². The van der Waals surface area contributed by atoms with Crippen LogP contribution in [0.25, 0.3) is 5.70 Å². The molecule has 2 aromatic rings. The lowest BCUT2D eigenvalue weighted by molar-refractivity contribution is -0.120. The molecule has 1 aliphatic rings. The molecular weight excluding hydrogens is 412 g/mol. The lowest BCUT2D eigenvalue weighted by atomic mass is 9.85. The van der Waals surface area contributed by atoms with Gasteiger partial charge in [0.25, 0.3) is 0 Å². The summed E-state index contributed by atoms with van der Waals surface area (Å²) in [4.78, 5) is 25.6. The van der Waals surface area contributed by atoms with Crippen molar-refractivity contribution in [2.45, 2.75) is 65.3 Å². The van der Waals surface area contributed by atoms with Gasteiger partial charge in [0.05, 0.1) is 7.11 Å². The second-order valence-corrected chi connectivity index (χ2v) is 9.45. The maximum absolute atomic E-state index is 13.1. The van der Waals surface area contributed by atoms with E-state index in [2.05, 4.69) is 37.5 Å². The number of allylic oxidation sites excluding steroid dienone is 1. The monoisotopic (exact) mass is 448 g/mol. The zero-order valence-corrected chi connectivity index (χ0v) is 20.5. The molecule has 2 N–H and O–H groups in total. The Hall–Kier alpha value is -3.08. The Morgan fingerprint density at radius 1 is 1.15 bits per heavy atom. The maximum atomic E-state index is 13.1. The van der Waals surface area contributed by atoms with E-state index in [1.807, 2.05) is 19.1 Å². The summed E-state index contributed by atoms with van der Waals surface area (Å²) in [5.74, 6) is 0.745. The van der Waals surface area contributed by atoms with Crippen LogP contribution in [0.2, 0.25) is 0 Å². The number of nitrogens with one attached hydrogen (secondary N) is 2. The molecule has 0 radical (unpaired) electrons. The van der Waals surface area contributed by atoms with Gasteiger partial charge >= 0.3 is 0 Å². The summed E-state index contributed by atoms with van der Waals surface area (Å²) in [5, 5.41) is 6.50. The van der Waals surface area contributed by atoms with Crippen molar-refractivity contribution in [2.75, 3.05) is 12.4 Å². The Labute approximate surface area is 197 Å². The van der Waals surface area contributed by atoms with Gasteiger partial charge in [-0.15, -0.1) is 0 Å². The van der Waals surface area contributed by atoms with Gasteiger partial charge in [-0.2, -0.15) is 0 Å². The SMILES string of the molecule is CCCCC(CC)C(=O)Nc1ccc(C(=O)C=C2NC(C)(C)Cc3ccc(OC)cc32)cc1. The highest BCUT2D eigenvalue weighted by Crippen LogP contribution is 2.32. The highest BCUT2D eigenvalue weighted by Gasteiger charge is 2.28. The molecule has 176 valence electrons. The van der Waals surface area contributed by atoms with Gasteiger partial charge < -0.3 is 15.4 Å². The largest absolute Gasteiger partial charge is 0.497 e. The van der Waals surface area contributed by atoms with Crippen LogP contribution < -0.4 is 15.4 Å². The van der Waals surface area contributed by atoms with Crippen molar-refractivity contribution in [1.82, 2.24) is 5.32 Å². The van der Waals surface area contributed by atoms with Crippen molar-refractivity contribution in [3.05, 3.63) is 65.2 Å². The van der Waals surface area contributed by atoms with Crippen LogP contribution in [0.15, 0.2) is 48.5 Å². The molecule has 3 rings (SSSR count). The van der Waals surface area contributed by atoms with E-state index in [9.17, 15) is 9.59 Å². The minimum atomic E-state index is -0.157. The van der Waals surface area contributed by atoms with E-state index in [1.54, 1.807) is 37.5 Å². The van der Waals surface area contributed by atoms with Crippen molar-refractivity contribution in [2.24, 2.45) is 5.92 Å². The first-order chi connectivity index (χ1) is 15.8. The quantitative estimate of drug-likeness (QED) is 0.365. The Balaban J connectivity index is 1.77. The zero-order valence-electron chi connectivity index (χ0n) is 20.5. The molecule has 1 aliphatic heterocycles. The third kappa shape index (κ3) is 6.25. The molecule has 1 unspecified atom stereocenters. The van der Waals surface area contributed by atoms with Gasteiger partial charge in [-0.05, 0) is 75.1 Å². The number of methoxy groups -OCH3 is 1. The first-order valence-corrected chi connectivity index (χ1v) is 11.9. The average molecular weight is 449 g/mol. The average Bonchev–Trinajstić information content (AvgIpc) is 2.79. The first kappa shape index (κ1) is 24.6. The third-order valence-electron chi connectivity index (χ3n) is 6.19. The van der Waals surface area contributed by atoms with Crippen LogP contribution in [0.5, 0.6) is 5.75 Å². The van der Waals surface area contributed by atoms with E-state index in [1.165, 1.54) is 5.56 Å². The van der Waals surface area contributed by atoms with Gasteiger partial charge in [-0.1, -0.05) is 32.8 Å². The van der Waals surface area contributed by atoms with Gasteiger partial charge in [0, 0.05) is 40.0 Å². The molecule has 0 saturated heterocycles. The van der Waals surface area contributed by atoms with E-state index >= 15 is 0 Å². The second kappa shape index (κ2) is 10.7. The van der Waals surface area contributed by atoms with Crippen LogP contribution in [0, 0.1) is 5.92 Å². The van der Waals surface area contributed by atoms with E-state index in [4.69, 9.17) is 4.74 Å². The van der Waals surface area contributed by atoms with Crippen LogP contribution in [0.3, 0.4) is 0 Å². The van der Waals surface area contributed by atoms with Gasteiger partial charge in [0.2, 0.25) is 5.91 Å². The van der Waals surface area contributed by atoms with Crippen LogP contribution in [-0.4, -0.2) is 24.3 Å². The van der Waals surface area contributed by atoms with Crippen molar-refractivity contribution in [1.29, 1.82) is 0 Å². The van der Waals surface area contributed by atoms with Gasteiger partial charge in [-0.3, -0.25) is 9.59 Å². The van der Waals surface area contributed by atoms with Crippen LogP contribution in [0.1, 0.15) is 74.9 Å². The van der Waals surface area contributed by atoms with Crippen LogP contribution in [0.4, 0.5) is 5.69 Å². The number of anilines is 1. The molecule has 0 bridgehead atoms. The van der Waals surface area contributed by atoms with Crippen LogP contribution >= 0.6 is 0 Å². The Morgan fingerprint density at radius 3 is 2.52 bits per heavy atom. The zero-order chi connectivity index (χ0) is 24.0. The highest BCUT2D eigenvalue weighted by atomic mass is 16.5. The predicted octanol–water partition coefficient (Wildman–Crippen LogP) is 6.00. The lowest BCUT2D eigenvalue weighted by Gasteiger charge is -2.35. The lowest BCUT2D eigenvalue weighted by Crippen LogP contribution is -2.43. The number of rotatable bonds is 9. The summed E-state index contributed by atoms with van der Waals surface area (Å²) in [5.41, 5.74) is 4.10. The molecule has 1 amide bonds. The number of unbranched alkanes of at least 4 members (excludes halogenated alkanes) is 1. The topological polar surface area (TPSA) is 67.4 Å². The van der Waals surface area contributed by atoms with Crippen LogP contribution in [-0.2, 0) is 11.2 Å². The molecule has 33 heavy (non-hydrogen) atoms. The Morgan fingerprint density at radius 2 is 1.88 bits per heavy atom. The van der Waals surface area contributed by atoms with E-state index in [0.29, 0.717) is 11.3 Å². The standard InChI is InChI=1S/C28H36N2O3/c1-6-8-9-19(7-2)27(32)29-22-13-10-20(11-14-22)26(31)17-25-24-16-23(33-5)15-12-21(24)18-28(3,4)30-25/h10-17,19,30H,6-9,18H2,1-5H3,(H,29,32). The molecule has 5 heteroatoms. The van der Waals surface area contributed by atoms with Crippen molar-refractivity contribution in [3.8, 4) is 5.75 Å². The number of ketones is 1. The molecule has 0 aromatic heterocycles. The second-order valence-electron chi connectivity index (χ2n) is 9.45. The number of ether oxygens (including phenoxy) is 1. The number of benzene rings is 2. The number of hydrogen-bond acceptors (Lipinski definition) is 4. The maximum Gasteiger partial charge on any atom is 0.227 e. The summed E-state index contributed by atoms with van der Waals surface area (Å²) >= 11 is 0. The fourth-order valence-corrected chi connectivity index (χ4v) is 4.30. The fraction of sp³-hybridized carbons (Fsp3) is 0.429. The number of amides is 1. The number of carbonyl (C=O) groups is 2. The molecule has 0 saturated carbocycles. The summed E-state index contributed by atoms with van der Waals surface area (Å²) in [7, 11) is 1.64. The molecule has 1 atom stereocenters. The Bertz CT molecular complexity index is 1020.